The van der Waals surface area contributed by atoms with Gasteiger partial charge in [-0.3, -0.25) is 9.69 Å². The van der Waals surface area contributed by atoms with Gasteiger partial charge in [-0.05, 0) is 35.6 Å². The molecular weight excluding hydrogens is 336 g/mol. The number of nitrogens with one attached hydrogen (secondary N) is 1. The molecule has 2 aromatic carbocycles. The predicted octanol–water partition coefficient (Wildman–Crippen LogP) is 3.26. The van der Waals surface area contributed by atoms with Crippen LogP contribution in [0.5, 0.6) is 0 Å². The molecule has 1 unspecified atom stereocenters. The Bertz CT molecular complexity index is 970. The lowest BCUT2D eigenvalue weighted by Gasteiger charge is -2.36. The Morgan fingerprint density at radius 1 is 1.15 bits per heavy atom. The fourth-order valence-electron chi connectivity index (χ4n) is 4.21. The van der Waals surface area contributed by atoms with Gasteiger partial charge >= 0.3 is 0 Å². The molecular formula is C22H24N4O. The number of amides is 1. The number of carbonyl (C=O) groups is 1. The third-order valence-electron chi connectivity index (χ3n) is 5.93. The molecule has 27 heavy (non-hydrogen) atoms. The van der Waals surface area contributed by atoms with Gasteiger partial charge in [0.2, 0.25) is 5.91 Å². The zero-order valence-electron chi connectivity index (χ0n) is 15.3. The SMILES string of the molecule is O=C(NC1CCC1)C1CN(Cc2cccc3ccccc23)Cc2cncn21. The van der Waals surface area contributed by atoms with Crippen molar-refractivity contribution in [1.29, 1.82) is 0 Å². The van der Waals surface area contributed by atoms with Crippen LogP contribution in [-0.2, 0) is 17.9 Å². The number of hydrogen-bond acceptors (Lipinski definition) is 3. The molecule has 1 aliphatic carbocycles. The van der Waals surface area contributed by atoms with Crippen molar-refractivity contribution in [3.05, 3.63) is 66.2 Å². The van der Waals surface area contributed by atoms with Crippen molar-refractivity contribution in [2.24, 2.45) is 0 Å². The molecule has 3 aromatic rings. The molecule has 1 amide bonds. The van der Waals surface area contributed by atoms with E-state index in [-0.39, 0.29) is 11.9 Å². The number of rotatable bonds is 4. The summed E-state index contributed by atoms with van der Waals surface area (Å²) in [5.41, 5.74) is 2.41. The van der Waals surface area contributed by atoms with Crippen LogP contribution in [0.1, 0.15) is 36.6 Å². The maximum atomic E-state index is 12.9. The van der Waals surface area contributed by atoms with E-state index in [0.717, 1.165) is 31.6 Å². The van der Waals surface area contributed by atoms with Gasteiger partial charge in [0.15, 0.2) is 0 Å². The smallest absolute Gasteiger partial charge is 0.244 e. The van der Waals surface area contributed by atoms with Crippen LogP contribution in [0.4, 0.5) is 0 Å². The van der Waals surface area contributed by atoms with Crippen molar-refractivity contribution < 1.29 is 4.79 Å². The van der Waals surface area contributed by atoms with Gasteiger partial charge in [0.25, 0.3) is 0 Å². The van der Waals surface area contributed by atoms with Gasteiger partial charge in [-0.1, -0.05) is 42.5 Å². The number of nitrogens with zero attached hydrogens (tertiary/aromatic N) is 3. The molecule has 1 saturated carbocycles. The lowest BCUT2D eigenvalue weighted by atomic mass is 9.93. The fraction of sp³-hybridized carbons (Fsp3) is 0.364. The van der Waals surface area contributed by atoms with Crippen molar-refractivity contribution in [2.75, 3.05) is 6.54 Å². The zero-order chi connectivity index (χ0) is 18.2. The monoisotopic (exact) mass is 360 g/mol. The van der Waals surface area contributed by atoms with Crippen molar-refractivity contribution in [3.63, 3.8) is 0 Å². The zero-order valence-corrected chi connectivity index (χ0v) is 15.3. The van der Waals surface area contributed by atoms with E-state index in [2.05, 4.69) is 57.7 Å². The average molecular weight is 360 g/mol. The summed E-state index contributed by atoms with van der Waals surface area (Å²) in [5.74, 6) is 0.126. The molecule has 2 aliphatic rings. The maximum Gasteiger partial charge on any atom is 0.244 e. The van der Waals surface area contributed by atoms with Crippen molar-refractivity contribution in [2.45, 2.75) is 44.4 Å². The molecule has 138 valence electrons. The van der Waals surface area contributed by atoms with E-state index < -0.39 is 0 Å². The van der Waals surface area contributed by atoms with Gasteiger partial charge in [-0.25, -0.2) is 4.98 Å². The van der Waals surface area contributed by atoms with Gasteiger partial charge in [-0.2, -0.15) is 0 Å². The quantitative estimate of drug-likeness (QED) is 0.777. The molecule has 0 saturated heterocycles. The molecule has 0 radical (unpaired) electrons. The van der Waals surface area contributed by atoms with E-state index in [1.54, 1.807) is 6.33 Å². The molecule has 1 aliphatic heterocycles. The summed E-state index contributed by atoms with van der Waals surface area (Å²) in [5, 5.41) is 5.76. The number of hydrogen-bond donors (Lipinski definition) is 1. The Labute approximate surface area is 159 Å². The molecule has 0 spiro atoms. The summed E-state index contributed by atoms with van der Waals surface area (Å²) in [6.45, 7) is 2.36. The highest BCUT2D eigenvalue weighted by Crippen LogP contribution is 2.27. The Balaban J connectivity index is 1.39. The first-order valence-corrected chi connectivity index (χ1v) is 9.78. The second-order valence-corrected chi connectivity index (χ2v) is 7.75. The van der Waals surface area contributed by atoms with E-state index in [1.807, 2.05) is 10.8 Å². The third kappa shape index (κ3) is 3.12. The second kappa shape index (κ2) is 6.82. The van der Waals surface area contributed by atoms with Gasteiger partial charge < -0.3 is 9.88 Å². The van der Waals surface area contributed by atoms with Crippen molar-refractivity contribution in [1.82, 2.24) is 19.8 Å². The topological polar surface area (TPSA) is 50.2 Å². The van der Waals surface area contributed by atoms with Gasteiger partial charge in [0.05, 0.1) is 12.0 Å². The maximum absolute atomic E-state index is 12.9. The minimum absolute atomic E-state index is 0.126. The van der Waals surface area contributed by atoms with Crippen LogP contribution in [-0.4, -0.2) is 32.9 Å². The molecule has 2 heterocycles. The van der Waals surface area contributed by atoms with Gasteiger partial charge in [-0.15, -0.1) is 0 Å². The Morgan fingerprint density at radius 2 is 2.00 bits per heavy atom. The van der Waals surface area contributed by atoms with Crippen LogP contribution in [0.2, 0.25) is 0 Å². The predicted molar refractivity (Wildman–Crippen MR) is 105 cm³/mol. The summed E-state index contributed by atoms with van der Waals surface area (Å²) in [6.07, 6.45) is 7.12. The first-order valence-electron chi connectivity index (χ1n) is 9.78. The van der Waals surface area contributed by atoms with E-state index in [1.165, 1.54) is 22.8 Å². The molecule has 5 heteroatoms. The van der Waals surface area contributed by atoms with E-state index in [4.69, 9.17) is 0 Å². The lowest BCUT2D eigenvalue weighted by Crippen LogP contribution is -2.48. The Morgan fingerprint density at radius 3 is 2.85 bits per heavy atom. The Hall–Kier alpha value is -2.66. The molecule has 0 bridgehead atoms. The highest BCUT2D eigenvalue weighted by Gasteiger charge is 2.32. The minimum Gasteiger partial charge on any atom is -0.352 e. The number of imidazole rings is 1. The third-order valence-corrected chi connectivity index (χ3v) is 5.93. The number of carbonyl (C=O) groups excluding carboxylic acids is 1. The lowest BCUT2D eigenvalue weighted by molar-refractivity contribution is -0.127. The van der Waals surface area contributed by atoms with Crippen LogP contribution in [0.15, 0.2) is 55.0 Å². The minimum atomic E-state index is -0.202. The molecule has 5 nitrogen and oxygen atoms in total. The largest absolute Gasteiger partial charge is 0.352 e. The summed E-state index contributed by atoms with van der Waals surface area (Å²) >= 11 is 0. The van der Waals surface area contributed by atoms with Crippen LogP contribution >= 0.6 is 0 Å². The number of aromatic nitrogens is 2. The number of fused-ring (bicyclic) bond motifs is 2. The summed E-state index contributed by atoms with van der Waals surface area (Å²) < 4.78 is 2.05. The number of benzene rings is 2. The van der Waals surface area contributed by atoms with Crippen LogP contribution in [0, 0.1) is 0 Å². The molecule has 1 aromatic heterocycles. The molecule has 1 N–H and O–H groups in total. The summed E-state index contributed by atoms with van der Waals surface area (Å²) in [6, 6.07) is 15.1. The fourth-order valence-corrected chi connectivity index (χ4v) is 4.21. The second-order valence-electron chi connectivity index (χ2n) is 7.75. The van der Waals surface area contributed by atoms with Crippen molar-refractivity contribution >= 4 is 16.7 Å². The van der Waals surface area contributed by atoms with Crippen molar-refractivity contribution in [3.8, 4) is 0 Å². The van der Waals surface area contributed by atoms with Crippen LogP contribution in [0.3, 0.4) is 0 Å². The molecule has 1 fully saturated rings. The van der Waals surface area contributed by atoms with Crippen LogP contribution < -0.4 is 5.32 Å². The summed E-state index contributed by atoms with van der Waals surface area (Å²) in [4.78, 5) is 19.5. The van der Waals surface area contributed by atoms with E-state index >= 15 is 0 Å². The normalized spacial score (nSPS) is 20.2. The standard InChI is InChI=1S/C22H24N4O/c27-22(24-18-8-4-9-18)21-14-25(13-19-11-23-15-26(19)21)12-17-7-3-6-16-5-1-2-10-20(16)17/h1-3,5-7,10-11,15,18,21H,4,8-9,12-14H2,(H,24,27). The molecule has 5 rings (SSSR count). The van der Waals surface area contributed by atoms with Gasteiger partial charge in [0.1, 0.15) is 6.04 Å². The summed E-state index contributed by atoms with van der Waals surface area (Å²) in [7, 11) is 0. The van der Waals surface area contributed by atoms with Crippen LogP contribution in [0.25, 0.3) is 10.8 Å². The van der Waals surface area contributed by atoms with Gasteiger partial charge in [0, 0.05) is 31.9 Å². The Kier molecular flexibility index (Phi) is 4.17. The highest BCUT2D eigenvalue weighted by molar-refractivity contribution is 5.85. The highest BCUT2D eigenvalue weighted by atomic mass is 16.2. The van der Waals surface area contributed by atoms with E-state index in [9.17, 15) is 4.79 Å². The first-order chi connectivity index (χ1) is 13.3. The molecule has 1 atom stereocenters. The van der Waals surface area contributed by atoms with E-state index in [0.29, 0.717) is 12.6 Å². The first kappa shape index (κ1) is 16.5. The average Bonchev–Trinajstić information content (AvgIpc) is 3.13.